The number of carbonyl (C=O) groups excluding carboxylic acids is 1. The van der Waals surface area contributed by atoms with Gasteiger partial charge in [-0.25, -0.2) is 4.79 Å². The number of benzene rings is 1. The zero-order valence-corrected chi connectivity index (χ0v) is 11.8. The average Bonchev–Trinajstić information content (AvgIpc) is 2.48. The van der Waals surface area contributed by atoms with E-state index in [1.165, 1.54) is 32.1 Å². The maximum absolute atomic E-state index is 11.8. The van der Waals surface area contributed by atoms with Gasteiger partial charge in [-0.1, -0.05) is 43.9 Å². The minimum atomic E-state index is -0.560. The van der Waals surface area contributed by atoms with Crippen LogP contribution in [-0.4, -0.2) is 12.3 Å². The molecule has 3 nitrogen and oxygen atoms in total. The van der Waals surface area contributed by atoms with E-state index in [1.807, 2.05) is 18.2 Å². The van der Waals surface area contributed by atoms with Crippen LogP contribution in [0.3, 0.4) is 0 Å². The third-order valence-electron chi connectivity index (χ3n) is 4.70. The van der Waals surface area contributed by atoms with Crippen LogP contribution in [0.25, 0.3) is 0 Å². The number of carbonyl (C=O) groups is 1. The second-order valence-corrected chi connectivity index (χ2v) is 6.02. The Labute approximate surface area is 120 Å². The highest BCUT2D eigenvalue weighted by Gasteiger charge is 2.34. The number of rotatable bonds is 2. The molecule has 1 unspecified atom stereocenters. The van der Waals surface area contributed by atoms with Crippen LogP contribution in [0.15, 0.2) is 30.3 Å². The molecule has 108 valence electrons. The van der Waals surface area contributed by atoms with Crippen molar-refractivity contribution >= 4 is 6.16 Å². The summed E-state index contributed by atoms with van der Waals surface area (Å²) in [6.07, 6.45) is 8.09. The van der Waals surface area contributed by atoms with Crippen LogP contribution in [0.4, 0.5) is 4.79 Å². The molecule has 0 heterocycles. The molecule has 0 aromatic heterocycles. The molecule has 3 heteroatoms. The third kappa shape index (κ3) is 3.33. The van der Waals surface area contributed by atoms with E-state index in [0.717, 1.165) is 24.7 Å². The number of fused-ring (bicyclic) bond motifs is 1. The summed E-state index contributed by atoms with van der Waals surface area (Å²) >= 11 is 0. The summed E-state index contributed by atoms with van der Waals surface area (Å²) in [5.74, 6) is 2.17. The first-order valence-corrected chi connectivity index (χ1v) is 7.75. The summed E-state index contributed by atoms with van der Waals surface area (Å²) < 4.78 is 10.7. The molecule has 1 aromatic carbocycles. The first kappa shape index (κ1) is 13.5. The number of ether oxygens (including phenoxy) is 2. The van der Waals surface area contributed by atoms with Gasteiger partial charge in [0.1, 0.15) is 11.9 Å². The smallest absolute Gasteiger partial charge is 0.431 e. The van der Waals surface area contributed by atoms with Crippen molar-refractivity contribution < 1.29 is 14.3 Å². The SMILES string of the molecule is O=C(Oc1ccccc1)O[C@@H]1CC[C@@H]2CCCCC2C1. The predicted molar refractivity (Wildman–Crippen MR) is 76.6 cm³/mol. The topological polar surface area (TPSA) is 35.5 Å². The first-order chi connectivity index (χ1) is 9.81. The highest BCUT2D eigenvalue weighted by molar-refractivity contribution is 5.63. The Kier molecular flexibility index (Phi) is 4.24. The molecule has 2 saturated carbocycles. The molecule has 0 saturated heterocycles. The Morgan fingerprint density at radius 2 is 1.70 bits per heavy atom. The fraction of sp³-hybridized carbons (Fsp3) is 0.588. The zero-order chi connectivity index (χ0) is 13.8. The van der Waals surface area contributed by atoms with Gasteiger partial charge in [-0.05, 0) is 43.2 Å². The van der Waals surface area contributed by atoms with E-state index in [4.69, 9.17) is 9.47 Å². The molecule has 2 aliphatic rings. The summed E-state index contributed by atoms with van der Waals surface area (Å²) in [5, 5.41) is 0. The van der Waals surface area contributed by atoms with Crippen LogP contribution in [0, 0.1) is 11.8 Å². The first-order valence-electron chi connectivity index (χ1n) is 7.75. The summed E-state index contributed by atoms with van der Waals surface area (Å²) in [6.45, 7) is 0. The molecule has 2 aliphatic carbocycles. The van der Waals surface area contributed by atoms with Crippen molar-refractivity contribution in [2.24, 2.45) is 11.8 Å². The Hall–Kier alpha value is -1.51. The lowest BCUT2D eigenvalue weighted by Gasteiger charge is -2.38. The van der Waals surface area contributed by atoms with E-state index in [1.54, 1.807) is 12.1 Å². The lowest BCUT2D eigenvalue weighted by Crippen LogP contribution is -2.33. The highest BCUT2D eigenvalue weighted by Crippen LogP contribution is 2.41. The van der Waals surface area contributed by atoms with E-state index in [0.29, 0.717) is 5.75 Å². The number of hydrogen-bond acceptors (Lipinski definition) is 3. The van der Waals surface area contributed by atoms with Gasteiger partial charge in [-0.2, -0.15) is 0 Å². The molecule has 3 rings (SSSR count). The van der Waals surface area contributed by atoms with Crippen LogP contribution in [0.1, 0.15) is 44.9 Å². The van der Waals surface area contributed by atoms with Crippen molar-refractivity contribution in [2.75, 3.05) is 0 Å². The van der Waals surface area contributed by atoms with E-state index in [-0.39, 0.29) is 6.10 Å². The van der Waals surface area contributed by atoms with Gasteiger partial charge >= 0.3 is 6.16 Å². The van der Waals surface area contributed by atoms with Crippen LogP contribution >= 0.6 is 0 Å². The number of hydrogen-bond donors (Lipinski definition) is 0. The van der Waals surface area contributed by atoms with Crippen molar-refractivity contribution in [1.82, 2.24) is 0 Å². The molecule has 20 heavy (non-hydrogen) atoms. The van der Waals surface area contributed by atoms with Crippen molar-refractivity contribution in [3.63, 3.8) is 0 Å². The fourth-order valence-electron chi connectivity index (χ4n) is 3.68. The predicted octanol–water partition coefficient (Wildman–Crippen LogP) is 4.56. The van der Waals surface area contributed by atoms with Crippen LogP contribution in [0.5, 0.6) is 5.75 Å². The number of para-hydroxylation sites is 1. The quantitative estimate of drug-likeness (QED) is 0.585. The average molecular weight is 274 g/mol. The normalized spacial score (nSPS) is 29.3. The van der Waals surface area contributed by atoms with Crippen LogP contribution in [-0.2, 0) is 4.74 Å². The molecular formula is C17H22O3. The lowest BCUT2D eigenvalue weighted by molar-refractivity contribution is 0.00685. The van der Waals surface area contributed by atoms with E-state index < -0.39 is 6.16 Å². The van der Waals surface area contributed by atoms with Gasteiger partial charge in [0.25, 0.3) is 0 Å². The monoisotopic (exact) mass is 274 g/mol. The molecule has 3 atom stereocenters. The van der Waals surface area contributed by atoms with Crippen LogP contribution in [0.2, 0.25) is 0 Å². The van der Waals surface area contributed by atoms with E-state index >= 15 is 0 Å². The molecular weight excluding hydrogens is 252 g/mol. The maximum Gasteiger partial charge on any atom is 0.514 e. The van der Waals surface area contributed by atoms with E-state index in [2.05, 4.69) is 0 Å². The largest absolute Gasteiger partial charge is 0.514 e. The standard InChI is InChI=1S/C17H22O3/c18-17(19-15-8-2-1-3-9-15)20-16-11-10-13-6-4-5-7-14(13)12-16/h1-3,8-9,13-14,16H,4-7,10-12H2/t13-,14?,16+/m0/s1. The molecule has 1 aromatic rings. The Balaban J connectivity index is 1.49. The second kappa shape index (κ2) is 6.29. The molecule has 0 N–H and O–H groups in total. The van der Waals surface area contributed by atoms with Crippen molar-refractivity contribution in [3.8, 4) is 5.75 Å². The summed E-state index contributed by atoms with van der Waals surface area (Å²) in [7, 11) is 0. The van der Waals surface area contributed by atoms with Gasteiger partial charge in [0.2, 0.25) is 0 Å². The zero-order valence-electron chi connectivity index (χ0n) is 11.8. The molecule has 0 bridgehead atoms. The maximum atomic E-state index is 11.8. The lowest BCUT2D eigenvalue weighted by atomic mass is 9.70. The van der Waals surface area contributed by atoms with Gasteiger partial charge in [0.05, 0.1) is 0 Å². The van der Waals surface area contributed by atoms with Crippen LogP contribution < -0.4 is 4.74 Å². The Morgan fingerprint density at radius 1 is 0.950 bits per heavy atom. The molecule has 0 radical (unpaired) electrons. The minimum Gasteiger partial charge on any atom is -0.431 e. The molecule has 0 spiro atoms. The van der Waals surface area contributed by atoms with Gasteiger partial charge in [0.15, 0.2) is 0 Å². The van der Waals surface area contributed by atoms with Crippen molar-refractivity contribution in [3.05, 3.63) is 30.3 Å². The summed E-state index contributed by atoms with van der Waals surface area (Å²) in [6, 6.07) is 9.10. The van der Waals surface area contributed by atoms with E-state index in [9.17, 15) is 4.79 Å². The van der Waals surface area contributed by atoms with Crippen molar-refractivity contribution in [1.29, 1.82) is 0 Å². The van der Waals surface area contributed by atoms with Crippen molar-refractivity contribution in [2.45, 2.75) is 51.0 Å². The second-order valence-electron chi connectivity index (χ2n) is 6.02. The van der Waals surface area contributed by atoms with Gasteiger partial charge < -0.3 is 9.47 Å². The van der Waals surface area contributed by atoms with Gasteiger partial charge in [-0.15, -0.1) is 0 Å². The highest BCUT2D eigenvalue weighted by atomic mass is 16.7. The Bertz CT molecular complexity index is 443. The molecule has 0 amide bonds. The molecule has 0 aliphatic heterocycles. The molecule has 2 fully saturated rings. The van der Waals surface area contributed by atoms with Gasteiger partial charge in [-0.3, -0.25) is 0 Å². The third-order valence-corrected chi connectivity index (χ3v) is 4.70. The summed E-state index contributed by atoms with van der Waals surface area (Å²) in [4.78, 5) is 11.8. The Morgan fingerprint density at radius 3 is 2.50 bits per heavy atom. The fourth-order valence-corrected chi connectivity index (χ4v) is 3.68. The minimum absolute atomic E-state index is 0.0468. The summed E-state index contributed by atoms with van der Waals surface area (Å²) in [5.41, 5.74) is 0. The van der Waals surface area contributed by atoms with Gasteiger partial charge in [0, 0.05) is 0 Å².